The van der Waals surface area contributed by atoms with Gasteiger partial charge < -0.3 is 10.1 Å². The fraction of sp³-hybridized carbons (Fsp3) is 0.346. The molecule has 2 aromatic carbocycles. The number of allylic oxidation sites excluding steroid dienone is 2. The first-order valence-corrected chi connectivity index (χ1v) is 15.4. The lowest BCUT2D eigenvalue weighted by atomic mass is 9.86. The number of sulfone groups is 2. The van der Waals surface area contributed by atoms with Gasteiger partial charge in [-0.05, 0) is 37.2 Å². The Morgan fingerprint density at radius 1 is 1.05 bits per heavy atom. The molecule has 2 aliphatic rings. The molecule has 1 atom stereocenters. The van der Waals surface area contributed by atoms with Crippen LogP contribution in [0.5, 0.6) is 0 Å². The van der Waals surface area contributed by atoms with Gasteiger partial charge in [-0.1, -0.05) is 30.3 Å². The number of carbonyl (C=O) groups is 1. The van der Waals surface area contributed by atoms with Gasteiger partial charge in [0.1, 0.15) is 6.61 Å². The highest BCUT2D eigenvalue weighted by molar-refractivity contribution is 7.98. The third-order valence-corrected chi connectivity index (χ3v) is 10.2. The summed E-state index contributed by atoms with van der Waals surface area (Å²) in [7, 11) is -6.37. The number of esters is 1. The minimum Gasteiger partial charge on any atom is -0.461 e. The summed E-state index contributed by atoms with van der Waals surface area (Å²) >= 11 is 0. The van der Waals surface area contributed by atoms with E-state index in [1.54, 1.807) is 0 Å². The van der Waals surface area contributed by atoms with Crippen molar-refractivity contribution in [3.8, 4) is 0 Å². The fourth-order valence-corrected chi connectivity index (χ4v) is 8.80. The minimum atomic E-state index is -4.33. The van der Waals surface area contributed by atoms with Crippen molar-refractivity contribution < 1.29 is 39.5 Å². The monoisotopic (exact) mass is 584 g/mol. The van der Waals surface area contributed by atoms with Crippen LogP contribution in [0.3, 0.4) is 0 Å². The van der Waals surface area contributed by atoms with Crippen molar-refractivity contribution in [2.24, 2.45) is 0 Å². The molecule has 0 saturated carbocycles. The predicted molar refractivity (Wildman–Crippen MR) is 138 cm³/mol. The van der Waals surface area contributed by atoms with Crippen LogP contribution in [0.15, 0.2) is 64.3 Å². The molecule has 1 unspecified atom stereocenters. The van der Waals surface area contributed by atoms with Gasteiger partial charge in [0, 0.05) is 24.5 Å². The van der Waals surface area contributed by atoms with Crippen LogP contribution < -0.4 is 5.32 Å². The Bertz CT molecular complexity index is 1550. The number of nitrogens with one attached hydrogen (secondary N) is 1. The molecule has 13 heteroatoms. The van der Waals surface area contributed by atoms with E-state index in [4.69, 9.17) is 4.74 Å². The van der Waals surface area contributed by atoms with Gasteiger partial charge in [-0.15, -0.1) is 0 Å². The standard InChI is InChI=1S/C26H27F3N2O6S2/c1-16-22(26(32)37-9-8-31(2)14-17-6-4-3-5-7-17)23(18-12-19(27)24(29)20(28)13-18)25-21(30-16)15-38(33,34)10-11-39(25,35)36/h3-7,12-13,23,30H,8-11,14-15H2,1-2H3. The lowest BCUT2D eigenvalue weighted by Crippen LogP contribution is -2.34. The predicted octanol–water partition coefficient (Wildman–Crippen LogP) is 2.79. The van der Waals surface area contributed by atoms with Crippen molar-refractivity contribution in [3.63, 3.8) is 0 Å². The summed E-state index contributed by atoms with van der Waals surface area (Å²) in [5, 5.41) is 2.70. The highest BCUT2D eigenvalue weighted by Crippen LogP contribution is 2.43. The summed E-state index contributed by atoms with van der Waals surface area (Å²) in [6, 6.07) is 10.8. The molecule has 0 aliphatic carbocycles. The van der Waals surface area contributed by atoms with E-state index in [-0.39, 0.29) is 29.1 Å². The zero-order valence-electron chi connectivity index (χ0n) is 21.2. The number of nitrogens with zero attached hydrogens (tertiary/aromatic N) is 1. The first-order valence-electron chi connectivity index (χ1n) is 12.0. The zero-order valence-corrected chi connectivity index (χ0v) is 22.8. The molecule has 8 nitrogen and oxygen atoms in total. The Kier molecular flexibility index (Phi) is 8.24. The molecule has 2 heterocycles. The molecule has 0 radical (unpaired) electrons. The number of carbonyl (C=O) groups excluding carboxylic acids is 1. The second-order valence-electron chi connectivity index (χ2n) is 9.51. The zero-order chi connectivity index (χ0) is 28.5. The molecule has 39 heavy (non-hydrogen) atoms. The van der Waals surface area contributed by atoms with Gasteiger partial charge in [0.2, 0.25) is 0 Å². The maximum absolute atomic E-state index is 14.3. The van der Waals surface area contributed by atoms with Crippen molar-refractivity contribution >= 4 is 25.6 Å². The van der Waals surface area contributed by atoms with E-state index in [0.717, 1.165) is 5.56 Å². The normalized spacial score (nSPS) is 20.3. The molecule has 0 aromatic heterocycles. The molecule has 210 valence electrons. The summed E-state index contributed by atoms with van der Waals surface area (Å²) < 4.78 is 99.3. The van der Waals surface area contributed by atoms with E-state index < -0.39 is 71.2 Å². The third kappa shape index (κ3) is 6.36. The molecule has 0 saturated heterocycles. The fourth-order valence-electron chi connectivity index (χ4n) is 4.67. The molecule has 0 fully saturated rings. The molecule has 0 bridgehead atoms. The number of halogens is 3. The van der Waals surface area contributed by atoms with Gasteiger partial charge in [-0.25, -0.2) is 34.8 Å². The Morgan fingerprint density at radius 2 is 1.69 bits per heavy atom. The number of likely N-dealkylation sites (N-methyl/N-ethyl adjacent to an activating group) is 1. The van der Waals surface area contributed by atoms with Gasteiger partial charge in [-0.2, -0.15) is 0 Å². The van der Waals surface area contributed by atoms with Crippen LogP contribution >= 0.6 is 0 Å². The molecule has 0 spiro atoms. The summed E-state index contributed by atoms with van der Waals surface area (Å²) in [4.78, 5) is 14.7. The largest absolute Gasteiger partial charge is 0.461 e. The summed E-state index contributed by atoms with van der Waals surface area (Å²) in [6.45, 7) is 2.19. The highest BCUT2D eigenvalue weighted by Gasteiger charge is 2.44. The van der Waals surface area contributed by atoms with E-state index in [2.05, 4.69) is 5.32 Å². The quantitative estimate of drug-likeness (QED) is 0.391. The van der Waals surface area contributed by atoms with Gasteiger partial charge >= 0.3 is 5.97 Å². The summed E-state index contributed by atoms with van der Waals surface area (Å²) in [6.07, 6.45) is 0. The summed E-state index contributed by atoms with van der Waals surface area (Å²) in [5.74, 6) is -9.65. The van der Waals surface area contributed by atoms with Crippen LogP contribution in [0.1, 0.15) is 24.0 Å². The highest BCUT2D eigenvalue weighted by atomic mass is 32.2. The van der Waals surface area contributed by atoms with Gasteiger partial charge in [0.15, 0.2) is 37.1 Å². The third-order valence-electron chi connectivity index (χ3n) is 6.51. The Labute approximate surface area is 225 Å². The number of ether oxygens (including phenoxy) is 1. The molecule has 1 N–H and O–H groups in total. The number of benzene rings is 2. The molecular weight excluding hydrogens is 557 g/mol. The summed E-state index contributed by atoms with van der Waals surface area (Å²) in [5.41, 5.74) is 0.233. The Hall–Kier alpha value is -3.16. The molecular formula is C26H27F3N2O6S2. The van der Waals surface area contributed by atoms with Crippen LogP contribution in [0.4, 0.5) is 13.2 Å². The second kappa shape index (κ2) is 11.1. The topological polar surface area (TPSA) is 110 Å². The number of hydrogen-bond donors (Lipinski definition) is 1. The SMILES string of the molecule is CC1=C(C(=O)OCCN(C)Cc2ccccc2)C(c2cc(F)c(F)c(F)c2)C2=C(CS(=O)(=O)CCS2(=O)=O)N1. The second-order valence-corrected chi connectivity index (χ2v) is 13.8. The van der Waals surface area contributed by atoms with Crippen LogP contribution in [0, 0.1) is 17.5 Å². The van der Waals surface area contributed by atoms with Crippen LogP contribution in [0.25, 0.3) is 0 Å². The molecule has 0 amide bonds. The van der Waals surface area contributed by atoms with Crippen LogP contribution in [-0.4, -0.2) is 65.2 Å². The van der Waals surface area contributed by atoms with Crippen molar-refractivity contribution in [2.75, 3.05) is 37.5 Å². The van der Waals surface area contributed by atoms with Gasteiger partial charge in [-0.3, -0.25) is 4.90 Å². The maximum Gasteiger partial charge on any atom is 0.336 e. The molecule has 2 aromatic rings. The Morgan fingerprint density at radius 3 is 2.33 bits per heavy atom. The molecule has 4 rings (SSSR count). The van der Waals surface area contributed by atoms with E-state index >= 15 is 0 Å². The van der Waals surface area contributed by atoms with Crippen molar-refractivity contribution in [1.29, 1.82) is 0 Å². The van der Waals surface area contributed by atoms with Crippen LogP contribution in [-0.2, 0) is 35.8 Å². The average molecular weight is 585 g/mol. The van der Waals surface area contributed by atoms with Gasteiger partial charge in [0.25, 0.3) is 0 Å². The van der Waals surface area contributed by atoms with Crippen LogP contribution in [0.2, 0.25) is 0 Å². The van der Waals surface area contributed by atoms with Crippen molar-refractivity contribution in [1.82, 2.24) is 10.2 Å². The van der Waals surface area contributed by atoms with E-state index in [1.807, 2.05) is 42.3 Å². The van der Waals surface area contributed by atoms with E-state index in [9.17, 15) is 34.8 Å². The number of hydrogen-bond acceptors (Lipinski definition) is 8. The lowest BCUT2D eigenvalue weighted by Gasteiger charge is -2.31. The van der Waals surface area contributed by atoms with Crippen molar-refractivity contribution in [3.05, 3.63) is 92.9 Å². The van der Waals surface area contributed by atoms with Gasteiger partial charge in [0.05, 0.1) is 33.7 Å². The smallest absolute Gasteiger partial charge is 0.336 e. The lowest BCUT2D eigenvalue weighted by molar-refractivity contribution is -0.139. The van der Waals surface area contributed by atoms with E-state index in [0.29, 0.717) is 25.2 Å². The van der Waals surface area contributed by atoms with Crippen molar-refractivity contribution in [2.45, 2.75) is 19.4 Å². The minimum absolute atomic E-state index is 0.0545. The number of rotatable bonds is 7. The number of dihydropyridines is 1. The molecule has 2 aliphatic heterocycles. The van der Waals surface area contributed by atoms with E-state index in [1.165, 1.54) is 6.92 Å². The maximum atomic E-state index is 14.3. The first-order chi connectivity index (χ1) is 18.3. The first kappa shape index (κ1) is 28.8. The Balaban J connectivity index is 1.68. The average Bonchev–Trinajstić information content (AvgIpc) is 2.94.